The third-order valence-electron chi connectivity index (χ3n) is 3.00. The second-order valence-corrected chi connectivity index (χ2v) is 4.59. The van der Waals surface area contributed by atoms with Gasteiger partial charge in [0, 0.05) is 25.3 Å². The smallest absolute Gasteiger partial charge is 0.129 e. The Bertz CT molecular complexity index is 328. The minimum absolute atomic E-state index is 0.307. The Kier molecular flexibility index (Phi) is 3.41. The molecule has 0 radical (unpaired) electrons. The van der Waals surface area contributed by atoms with Crippen molar-refractivity contribution in [1.29, 1.82) is 0 Å². The molecule has 88 valence electrons. The van der Waals surface area contributed by atoms with Crippen LogP contribution in [0.5, 0.6) is 0 Å². The van der Waals surface area contributed by atoms with Gasteiger partial charge in [-0.2, -0.15) is 0 Å². The zero-order chi connectivity index (χ0) is 11.4. The summed E-state index contributed by atoms with van der Waals surface area (Å²) in [4.78, 5) is 13.3. The minimum Gasteiger partial charge on any atom is -0.472 e. The average molecular weight is 223 g/mol. The molecule has 4 nitrogen and oxygen atoms in total. The Morgan fingerprint density at radius 2 is 2.50 bits per heavy atom. The van der Waals surface area contributed by atoms with E-state index in [-0.39, 0.29) is 5.41 Å². The van der Waals surface area contributed by atoms with Crippen molar-refractivity contribution in [2.75, 3.05) is 26.8 Å². The Balaban J connectivity index is 1.90. The van der Waals surface area contributed by atoms with Gasteiger partial charge in [-0.25, -0.2) is 0 Å². The van der Waals surface area contributed by atoms with Crippen molar-refractivity contribution in [2.24, 2.45) is 5.41 Å². The first kappa shape index (κ1) is 11.4. The molecular formula is C12H17NO3. The van der Waals surface area contributed by atoms with E-state index in [1.165, 1.54) is 0 Å². The highest BCUT2D eigenvalue weighted by atomic mass is 16.5. The maximum absolute atomic E-state index is 11.1. The first-order valence-electron chi connectivity index (χ1n) is 5.48. The number of furan rings is 1. The Morgan fingerprint density at radius 1 is 1.62 bits per heavy atom. The molecule has 16 heavy (non-hydrogen) atoms. The zero-order valence-electron chi connectivity index (χ0n) is 9.52. The first-order valence-corrected chi connectivity index (χ1v) is 5.48. The summed E-state index contributed by atoms with van der Waals surface area (Å²) in [6.45, 7) is 2.78. The quantitative estimate of drug-likeness (QED) is 0.706. The zero-order valence-corrected chi connectivity index (χ0v) is 9.52. The molecular weight excluding hydrogens is 206 g/mol. The molecule has 2 heterocycles. The van der Waals surface area contributed by atoms with Crippen molar-refractivity contribution >= 4 is 6.29 Å². The Labute approximate surface area is 95.2 Å². The lowest BCUT2D eigenvalue weighted by Crippen LogP contribution is -2.37. The highest BCUT2D eigenvalue weighted by Gasteiger charge is 2.35. The van der Waals surface area contributed by atoms with Gasteiger partial charge >= 0.3 is 0 Å². The number of carbonyl (C=O) groups is 1. The summed E-state index contributed by atoms with van der Waals surface area (Å²) >= 11 is 0. The van der Waals surface area contributed by atoms with Gasteiger partial charge < -0.3 is 18.8 Å². The third kappa shape index (κ3) is 2.51. The van der Waals surface area contributed by atoms with Crippen LogP contribution in [-0.2, 0) is 16.1 Å². The molecule has 1 aliphatic rings. The fourth-order valence-corrected chi connectivity index (χ4v) is 2.17. The summed E-state index contributed by atoms with van der Waals surface area (Å²) in [6, 6.07) is 1.94. The Hall–Kier alpha value is -1.13. The lowest BCUT2D eigenvalue weighted by molar-refractivity contribution is -0.117. The van der Waals surface area contributed by atoms with Gasteiger partial charge in [-0.3, -0.25) is 0 Å². The molecule has 0 N–H and O–H groups in total. The summed E-state index contributed by atoms with van der Waals surface area (Å²) in [5.74, 6) is 0. The number of hydrogen-bond acceptors (Lipinski definition) is 4. The van der Waals surface area contributed by atoms with Gasteiger partial charge in [-0.1, -0.05) is 0 Å². The topological polar surface area (TPSA) is 42.7 Å². The Morgan fingerprint density at radius 3 is 3.06 bits per heavy atom. The number of rotatable bonds is 5. The molecule has 1 saturated heterocycles. The summed E-state index contributed by atoms with van der Waals surface area (Å²) in [6.07, 6.45) is 5.27. The monoisotopic (exact) mass is 223 g/mol. The normalized spacial score (nSPS) is 25.1. The average Bonchev–Trinajstić information content (AvgIpc) is 2.90. The van der Waals surface area contributed by atoms with Gasteiger partial charge in [0.15, 0.2) is 0 Å². The molecule has 1 aromatic rings. The number of carbonyl (C=O) groups excluding carboxylic acids is 1. The molecule has 1 aromatic heterocycles. The maximum Gasteiger partial charge on any atom is 0.129 e. The SMILES string of the molecule is CN(Cc1ccoc1)CC1(C=O)CCOC1. The van der Waals surface area contributed by atoms with Crippen LogP contribution in [0.15, 0.2) is 23.0 Å². The van der Waals surface area contributed by atoms with Crippen molar-refractivity contribution in [2.45, 2.75) is 13.0 Å². The van der Waals surface area contributed by atoms with Crippen LogP contribution in [0.4, 0.5) is 0 Å². The highest BCUT2D eigenvalue weighted by molar-refractivity contribution is 5.60. The standard InChI is InChI=1S/C12H17NO3/c1-13(6-11-2-4-15-7-11)8-12(9-14)3-5-16-10-12/h2,4,7,9H,3,5-6,8,10H2,1H3. The van der Waals surface area contributed by atoms with Gasteiger partial charge in [0.2, 0.25) is 0 Å². The summed E-state index contributed by atoms with van der Waals surface area (Å²) < 4.78 is 10.3. The van der Waals surface area contributed by atoms with Crippen molar-refractivity contribution in [3.8, 4) is 0 Å². The van der Waals surface area contributed by atoms with Crippen LogP contribution in [0.1, 0.15) is 12.0 Å². The van der Waals surface area contributed by atoms with E-state index in [1.807, 2.05) is 13.1 Å². The van der Waals surface area contributed by atoms with Crippen LogP contribution in [0.2, 0.25) is 0 Å². The van der Waals surface area contributed by atoms with E-state index in [9.17, 15) is 4.79 Å². The number of ether oxygens (including phenoxy) is 1. The molecule has 1 atom stereocenters. The number of aldehydes is 1. The van der Waals surface area contributed by atoms with E-state index in [0.29, 0.717) is 13.2 Å². The van der Waals surface area contributed by atoms with E-state index in [1.54, 1.807) is 12.5 Å². The molecule has 4 heteroatoms. The predicted octanol–water partition coefficient (Wildman–Crippen LogP) is 1.32. The predicted molar refractivity (Wildman–Crippen MR) is 59.0 cm³/mol. The molecule has 0 saturated carbocycles. The summed E-state index contributed by atoms with van der Waals surface area (Å²) in [5, 5.41) is 0. The van der Waals surface area contributed by atoms with Gasteiger partial charge in [0.05, 0.1) is 24.5 Å². The van der Waals surface area contributed by atoms with Crippen molar-refractivity contribution in [3.05, 3.63) is 24.2 Å². The molecule has 1 unspecified atom stereocenters. The maximum atomic E-state index is 11.1. The van der Waals surface area contributed by atoms with Gasteiger partial charge in [-0.05, 0) is 19.5 Å². The molecule has 0 aromatic carbocycles. The third-order valence-corrected chi connectivity index (χ3v) is 3.00. The first-order chi connectivity index (χ1) is 7.74. The van der Waals surface area contributed by atoms with Crippen molar-refractivity contribution in [3.63, 3.8) is 0 Å². The van der Waals surface area contributed by atoms with Crippen LogP contribution < -0.4 is 0 Å². The van der Waals surface area contributed by atoms with Crippen molar-refractivity contribution < 1.29 is 13.9 Å². The van der Waals surface area contributed by atoms with E-state index in [4.69, 9.17) is 9.15 Å². The van der Waals surface area contributed by atoms with Gasteiger partial charge in [0.25, 0.3) is 0 Å². The lowest BCUT2D eigenvalue weighted by atomic mass is 9.88. The number of nitrogens with zero attached hydrogens (tertiary/aromatic N) is 1. The second kappa shape index (κ2) is 4.80. The van der Waals surface area contributed by atoms with Gasteiger partial charge in [-0.15, -0.1) is 0 Å². The molecule has 1 aliphatic heterocycles. The molecule has 0 aliphatic carbocycles. The van der Waals surface area contributed by atoms with Crippen LogP contribution in [0, 0.1) is 5.41 Å². The van der Waals surface area contributed by atoms with E-state index in [2.05, 4.69) is 4.90 Å². The largest absolute Gasteiger partial charge is 0.472 e. The summed E-state index contributed by atoms with van der Waals surface area (Å²) in [7, 11) is 2.01. The second-order valence-electron chi connectivity index (χ2n) is 4.59. The van der Waals surface area contributed by atoms with E-state index in [0.717, 1.165) is 31.4 Å². The van der Waals surface area contributed by atoms with E-state index >= 15 is 0 Å². The lowest BCUT2D eigenvalue weighted by Gasteiger charge is -2.26. The molecule has 0 amide bonds. The van der Waals surface area contributed by atoms with Crippen LogP contribution in [-0.4, -0.2) is 38.0 Å². The fourth-order valence-electron chi connectivity index (χ4n) is 2.17. The molecule has 0 spiro atoms. The van der Waals surface area contributed by atoms with Gasteiger partial charge in [0.1, 0.15) is 6.29 Å². The minimum atomic E-state index is -0.307. The molecule has 0 bridgehead atoms. The summed E-state index contributed by atoms with van der Waals surface area (Å²) in [5.41, 5.74) is 0.820. The van der Waals surface area contributed by atoms with Crippen LogP contribution in [0.3, 0.4) is 0 Å². The number of hydrogen-bond donors (Lipinski definition) is 0. The fraction of sp³-hybridized carbons (Fsp3) is 0.583. The van der Waals surface area contributed by atoms with E-state index < -0.39 is 0 Å². The van der Waals surface area contributed by atoms with Crippen molar-refractivity contribution in [1.82, 2.24) is 4.90 Å². The molecule has 2 rings (SSSR count). The highest BCUT2D eigenvalue weighted by Crippen LogP contribution is 2.27. The molecule has 1 fully saturated rings. The van der Waals surface area contributed by atoms with Crippen LogP contribution in [0.25, 0.3) is 0 Å². The van der Waals surface area contributed by atoms with Crippen LogP contribution >= 0.6 is 0 Å².